The van der Waals surface area contributed by atoms with E-state index in [0.29, 0.717) is 5.92 Å². The van der Waals surface area contributed by atoms with E-state index in [9.17, 15) is 0 Å². The van der Waals surface area contributed by atoms with Crippen molar-refractivity contribution in [3.63, 3.8) is 0 Å². The maximum absolute atomic E-state index is 6.41. The molecule has 8 aromatic rings. The number of benzene rings is 6. The summed E-state index contributed by atoms with van der Waals surface area (Å²) in [5.41, 5.74) is 11.9. The van der Waals surface area contributed by atoms with E-state index >= 15 is 0 Å². The molecule has 0 amide bonds. The minimum absolute atomic E-state index is 0.253. The predicted molar refractivity (Wildman–Crippen MR) is 187 cm³/mol. The summed E-state index contributed by atoms with van der Waals surface area (Å²) < 4.78 is 8.91. The van der Waals surface area contributed by atoms with Crippen molar-refractivity contribution < 1.29 is 4.42 Å². The molecular formula is C42H30N2O. The van der Waals surface area contributed by atoms with Crippen molar-refractivity contribution >= 4 is 55.1 Å². The number of allylic oxidation sites excluding steroid dienone is 1. The lowest BCUT2D eigenvalue weighted by Crippen LogP contribution is -2.29. The maximum atomic E-state index is 6.41. The number of furan rings is 1. The van der Waals surface area contributed by atoms with E-state index < -0.39 is 0 Å². The van der Waals surface area contributed by atoms with Gasteiger partial charge >= 0.3 is 0 Å². The summed E-state index contributed by atoms with van der Waals surface area (Å²) in [4.78, 5) is 2.60. The molecule has 2 atom stereocenters. The fourth-order valence-corrected chi connectivity index (χ4v) is 8.07. The number of hydrogen-bond acceptors (Lipinski definition) is 2. The van der Waals surface area contributed by atoms with Gasteiger partial charge in [-0.15, -0.1) is 0 Å². The Labute approximate surface area is 261 Å². The second-order valence-electron chi connectivity index (χ2n) is 12.4. The van der Waals surface area contributed by atoms with Gasteiger partial charge in [0.15, 0.2) is 0 Å². The third kappa shape index (κ3) is 3.58. The van der Waals surface area contributed by atoms with Crippen LogP contribution in [0, 0.1) is 0 Å². The van der Waals surface area contributed by atoms with E-state index in [1.807, 2.05) is 6.07 Å². The molecule has 0 bridgehead atoms. The average Bonchev–Trinajstić information content (AvgIpc) is 3.76. The number of aromatic nitrogens is 1. The SMILES string of the molecule is C1=CC2C(CC1)c1ccc3c4ccccc4n(-c4cccc(-c5ccccc5)c4)c3c1N2c1ccc2c(c1)oc1ccccc12. The highest BCUT2D eigenvalue weighted by atomic mass is 16.3. The largest absolute Gasteiger partial charge is 0.456 e. The molecule has 1 aliphatic heterocycles. The lowest BCUT2D eigenvalue weighted by Gasteiger charge is -2.30. The summed E-state index contributed by atoms with van der Waals surface area (Å²) in [6.45, 7) is 0. The first-order chi connectivity index (χ1) is 22.3. The summed E-state index contributed by atoms with van der Waals surface area (Å²) in [5.74, 6) is 0.433. The zero-order chi connectivity index (χ0) is 29.5. The number of para-hydroxylation sites is 2. The van der Waals surface area contributed by atoms with Gasteiger partial charge in [-0.3, -0.25) is 0 Å². The van der Waals surface area contributed by atoms with Crippen LogP contribution in [0.2, 0.25) is 0 Å². The number of nitrogens with zero attached hydrogens (tertiary/aromatic N) is 2. The molecular weight excluding hydrogens is 548 g/mol. The van der Waals surface area contributed by atoms with Crippen LogP contribution in [0.1, 0.15) is 24.3 Å². The second-order valence-corrected chi connectivity index (χ2v) is 12.4. The monoisotopic (exact) mass is 578 g/mol. The number of anilines is 2. The van der Waals surface area contributed by atoms with Crippen LogP contribution in [0.4, 0.5) is 11.4 Å². The Morgan fingerprint density at radius 2 is 1.36 bits per heavy atom. The molecule has 45 heavy (non-hydrogen) atoms. The van der Waals surface area contributed by atoms with E-state index in [2.05, 4.69) is 149 Å². The molecule has 3 heterocycles. The van der Waals surface area contributed by atoms with Crippen LogP contribution >= 0.6 is 0 Å². The maximum Gasteiger partial charge on any atom is 0.137 e. The molecule has 6 aromatic carbocycles. The van der Waals surface area contributed by atoms with Crippen LogP contribution in [0.15, 0.2) is 150 Å². The van der Waals surface area contributed by atoms with E-state index in [1.54, 1.807) is 0 Å². The highest BCUT2D eigenvalue weighted by molar-refractivity contribution is 6.15. The zero-order valence-corrected chi connectivity index (χ0v) is 24.7. The molecule has 0 spiro atoms. The molecule has 2 unspecified atom stereocenters. The molecule has 0 radical (unpaired) electrons. The highest BCUT2D eigenvalue weighted by Gasteiger charge is 2.41. The van der Waals surface area contributed by atoms with Gasteiger partial charge in [-0.1, -0.05) is 103 Å². The van der Waals surface area contributed by atoms with Crippen LogP contribution in [-0.2, 0) is 0 Å². The topological polar surface area (TPSA) is 21.3 Å². The van der Waals surface area contributed by atoms with Crippen LogP contribution in [0.3, 0.4) is 0 Å². The van der Waals surface area contributed by atoms with Crippen LogP contribution in [0.25, 0.3) is 60.6 Å². The molecule has 0 saturated carbocycles. The first-order valence-electron chi connectivity index (χ1n) is 15.9. The van der Waals surface area contributed by atoms with E-state index in [4.69, 9.17) is 4.42 Å². The normalized spacial score (nSPS) is 17.5. The molecule has 1 aliphatic carbocycles. The van der Waals surface area contributed by atoms with E-state index in [0.717, 1.165) is 34.8 Å². The van der Waals surface area contributed by atoms with Gasteiger partial charge < -0.3 is 13.9 Å². The Kier molecular flexibility index (Phi) is 5.23. The smallest absolute Gasteiger partial charge is 0.137 e. The minimum atomic E-state index is 0.253. The molecule has 214 valence electrons. The molecule has 2 aliphatic rings. The lowest BCUT2D eigenvalue weighted by molar-refractivity contribution is 0.572. The summed E-state index contributed by atoms with van der Waals surface area (Å²) in [6.07, 6.45) is 7.06. The van der Waals surface area contributed by atoms with Gasteiger partial charge in [-0.2, -0.15) is 0 Å². The van der Waals surface area contributed by atoms with Crippen molar-refractivity contribution in [3.8, 4) is 16.8 Å². The number of fused-ring (bicyclic) bond motifs is 10. The van der Waals surface area contributed by atoms with Gasteiger partial charge in [0.1, 0.15) is 11.2 Å². The van der Waals surface area contributed by atoms with Crippen LogP contribution in [0.5, 0.6) is 0 Å². The first kappa shape index (κ1) is 24.9. The van der Waals surface area contributed by atoms with Gasteiger partial charge in [-0.25, -0.2) is 0 Å². The molecule has 10 rings (SSSR count). The number of hydrogen-bond donors (Lipinski definition) is 0. The standard InChI is InChI=1S/C42H30N2O/c1-2-11-27(12-3-1)28-13-10-14-29(25-28)43-37-18-7-4-15-31(37)35-23-24-36-32-16-5-8-19-38(32)44(42(36)41(35)43)30-21-22-34-33-17-6-9-20-39(33)45-40(34)26-30/h1-4,6-15,17-26,32,38H,5,16H2. The molecule has 3 heteroatoms. The van der Waals surface area contributed by atoms with Gasteiger partial charge in [0.25, 0.3) is 0 Å². The summed E-state index contributed by atoms with van der Waals surface area (Å²) >= 11 is 0. The lowest BCUT2D eigenvalue weighted by atomic mass is 9.86. The fraction of sp³-hybridized carbons (Fsp3) is 0.0952. The molecule has 2 aromatic heterocycles. The van der Waals surface area contributed by atoms with Gasteiger partial charge in [0.2, 0.25) is 0 Å². The van der Waals surface area contributed by atoms with Crippen molar-refractivity contribution in [1.82, 2.24) is 4.57 Å². The molecule has 3 nitrogen and oxygen atoms in total. The Morgan fingerprint density at radius 3 is 2.29 bits per heavy atom. The van der Waals surface area contributed by atoms with Crippen molar-refractivity contribution in [3.05, 3.63) is 151 Å². The fourth-order valence-electron chi connectivity index (χ4n) is 8.07. The van der Waals surface area contributed by atoms with Crippen LogP contribution in [-0.4, -0.2) is 10.6 Å². The predicted octanol–water partition coefficient (Wildman–Crippen LogP) is 11.3. The zero-order valence-electron chi connectivity index (χ0n) is 24.7. The van der Waals surface area contributed by atoms with Gasteiger partial charge in [0, 0.05) is 44.9 Å². The minimum Gasteiger partial charge on any atom is -0.456 e. The Hall–Kier alpha value is -5.54. The second kappa shape index (κ2) is 9.48. The van der Waals surface area contributed by atoms with E-state index in [1.165, 1.54) is 55.6 Å². The van der Waals surface area contributed by atoms with Crippen molar-refractivity contribution in [2.24, 2.45) is 0 Å². The third-order valence-corrected chi connectivity index (χ3v) is 10.0. The average molecular weight is 579 g/mol. The summed E-state index contributed by atoms with van der Waals surface area (Å²) in [5, 5.41) is 4.89. The summed E-state index contributed by atoms with van der Waals surface area (Å²) in [7, 11) is 0. The van der Waals surface area contributed by atoms with Gasteiger partial charge in [-0.05, 0) is 65.9 Å². The molecule has 0 fully saturated rings. The Bertz CT molecular complexity index is 2460. The Morgan fingerprint density at radius 1 is 0.578 bits per heavy atom. The third-order valence-electron chi connectivity index (χ3n) is 10.0. The van der Waals surface area contributed by atoms with Gasteiger partial charge in [0.05, 0.1) is 22.8 Å². The quantitative estimate of drug-likeness (QED) is 0.195. The highest BCUT2D eigenvalue weighted by Crippen LogP contribution is 2.54. The summed E-state index contributed by atoms with van der Waals surface area (Å²) in [6, 6.07) is 48.7. The molecule has 0 N–H and O–H groups in total. The van der Waals surface area contributed by atoms with Crippen molar-refractivity contribution in [2.75, 3.05) is 4.90 Å². The Balaban J connectivity index is 1.27. The van der Waals surface area contributed by atoms with Crippen molar-refractivity contribution in [1.29, 1.82) is 0 Å². The number of rotatable bonds is 3. The van der Waals surface area contributed by atoms with E-state index in [-0.39, 0.29) is 6.04 Å². The molecule has 0 saturated heterocycles. The van der Waals surface area contributed by atoms with Crippen molar-refractivity contribution in [2.45, 2.75) is 24.8 Å². The first-order valence-corrected chi connectivity index (χ1v) is 15.9. The van der Waals surface area contributed by atoms with Crippen LogP contribution < -0.4 is 4.90 Å².